The van der Waals surface area contributed by atoms with Crippen LogP contribution in [0, 0.1) is 0 Å². The van der Waals surface area contributed by atoms with Crippen LogP contribution >= 0.6 is 11.3 Å². The molecule has 1 aliphatic carbocycles. The normalized spacial score (nSPS) is 14.2. The molecule has 2 rings (SSSR count). The van der Waals surface area contributed by atoms with Crippen molar-refractivity contribution in [1.82, 2.24) is 0 Å². The number of methoxy groups -OCH3 is 1. The molecule has 4 heteroatoms. The Kier molecular flexibility index (Phi) is 3.41. The van der Waals surface area contributed by atoms with E-state index in [0.717, 1.165) is 24.0 Å². The van der Waals surface area contributed by atoms with Gasteiger partial charge >= 0.3 is 5.97 Å². The smallest absolute Gasteiger partial charge is 0.333 e. The molecule has 1 aliphatic rings. The molecule has 86 valence electrons. The molecule has 16 heavy (non-hydrogen) atoms. The molecular weight excluding hydrogens is 224 g/mol. The van der Waals surface area contributed by atoms with Gasteiger partial charge in [0.05, 0.1) is 7.11 Å². The lowest BCUT2D eigenvalue weighted by Crippen LogP contribution is -2.08. The van der Waals surface area contributed by atoms with Gasteiger partial charge in [-0.25, -0.2) is 4.79 Å². The number of hydrogen-bond donors (Lipinski definition) is 1. The highest BCUT2D eigenvalue weighted by atomic mass is 32.1. The van der Waals surface area contributed by atoms with Gasteiger partial charge in [0.15, 0.2) is 0 Å². The Bertz CT molecular complexity index is 431. The molecule has 1 aromatic heterocycles. The van der Waals surface area contributed by atoms with E-state index in [1.807, 2.05) is 6.08 Å². The summed E-state index contributed by atoms with van der Waals surface area (Å²) in [7, 11) is 1.41. The van der Waals surface area contributed by atoms with E-state index in [1.54, 1.807) is 11.3 Å². The second kappa shape index (κ2) is 4.80. The van der Waals surface area contributed by atoms with Crippen molar-refractivity contribution in [2.24, 2.45) is 0 Å². The molecular formula is C12H14O3S. The second-order valence-corrected chi connectivity index (χ2v) is 4.95. The van der Waals surface area contributed by atoms with Crippen molar-refractivity contribution in [3.8, 4) is 0 Å². The SMILES string of the molecule is COC(=O)C1=Cc2cc(CCO)sc2CC1. The third kappa shape index (κ3) is 2.18. The number of hydrogen-bond acceptors (Lipinski definition) is 4. The van der Waals surface area contributed by atoms with E-state index in [1.165, 1.54) is 16.9 Å². The largest absolute Gasteiger partial charge is 0.466 e. The maximum Gasteiger partial charge on any atom is 0.333 e. The molecule has 0 unspecified atom stereocenters. The summed E-state index contributed by atoms with van der Waals surface area (Å²) in [5.74, 6) is -0.236. The van der Waals surface area contributed by atoms with Gasteiger partial charge in [-0.05, 0) is 30.5 Å². The van der Waals surface area contributed by atoms with Gasteiger partial charge in [0.25, 0.3) is 0 Å². The molecule has 1 N–H and O–H groups in total. The van der Waals surface area contributed by atoms with Crippen molar-refractivity contribution in [3.63, 3.8) is 0 Å². The topological polar surface area (TPSA) is 46.5 Å². The summed E-state index contributed by atoms with van der Waals surface area (Å²) in [5.41, 5.74) is 1.85. The predicted octanol–water partition coefficient (Wildman–Crippen LogP) is 1.79. The standard InChI is InChI=1S/C12H14O3S/c1-15-12(14)8-2-3-11-9(6-8)7-10(16-11)4-5-13/h6-7,13H,2-5H2,1H3. The zero-order valence-corrected chi connectivity index (χ0v) is 9.97. The lowest BCUT2D eigenvalue weighted by molar-refractivity contribution is -0.136. The van der Waals surface area contributed by atoms with Crippen molar-refractivity contribution >= 4 is 23.4 Å². The van der Waals surface area contributed by atoms with Crippen LogP contribution in [0.1, 0.15) is 21.7 Å². The van der Waals surface area contributed by atoms with Crippen LogP contribution in [-0.2, 0) is 22.4 Å². The van der Waals surface area contributed by atoms with Gasteiger partial charge in [0.2, 0.25) is 0 Å². The van der Waals surface area contributed by atoms with Crippen molar-refractivity contribution < 1.29 is 14.6 Å². The first-order valence-corrected chi connectivity index (χ1v) is 6.07. The van der Waals surface area contributed by atoms with Gasteiger partial charge in [-0.1, -0.05) is 0 Å². The van der Waals surface area contributed by atoms with E-state index in [2.05, 4.69) is 6.07 Å². The number of rotatable bonds is 3. The monoisotopic (exact) mass is 238 g/mol. The second-order valence-electron chi connectivity index (χ2n) is 3.73. The molecule has 0 aliphatic heterocycles. The van der Waals surface area contributed by atoms with Crippen molar-refractivity contribution in [2.75, 3.05) is 13.7 Å². The zero-order valence-electron chi connectivity index (χ0n) is 9.16. The quantitative estimate of drug-likeness (QED) is 0.817. The first-order chi connectivity index (χ1) is 7.74. The molecule has 0 spiro atoms. The van der Waals surface area contributed by atoms with Gasteiger partial charge in [-0.15, -0.1) is 11.3 Å². The third-order valence-electron chi connectivity index (χ3n) is 2.65. The Labute approximate surface area is 98.4 Å². The molecule has 0 fully saturated rings. The van der Waals surface area contributed by atoms with Gasteiger partial charge in [-0.2, -0.15) is 0 Å². The summed E-state index contributed by atoms with van der Waals surface area (Å²) in [5, 5.41) is 8.88. The number of carbonyl (C=O) groups is 1. The Morgan fingerprint density at radius 1 is 1.56 bits per heavy atom. The number of aliphatic hydroxyl groups excluding tert-OH is 1. The molecule has 0 saturated heterocycles. The summed E-state index contributed by atoms with van der Waals surface area (Å²) in [6.07, 6.45) is 4.24. The first kappa shape index (κ1) is 11.4. The Morgan fingerprint density at radius 3 is 3.06 bits per heavy atom. The number of esters is 1. The minimum absolute atomic E-state index is 0.174. The summed E-state index contributed by atoms with van der Waals surface area (Å²) in [4.78, 5) is 13.9. The number of aliphatic hydroxyl groups is 1. The van der Waals surface area contributed by atoms with E-state index in [0.29, 0.717) is 6.42 Å². The molecule has 3 nitrogen and oxygen atoms in total. The lowest BCUT2D eigenvalue weighted by atomic mass is 9.99. The van der Waals surface area contributed by atoms with E-state index < -0.39 is 0 Å². The van der Waals surface area contributed by atoms with E-state index in [4.69, 9.17) is 9.84 Å². The maximum absolute atomic E-state index is 11.4. The number of carbonyl (C=O) groups excluding carboxylic acids is 1. The van der Waals surface area contributed by atoms with Crippen molar-refractivity contribution in [2.45, 2.75) is 19.3 Å². The summed E-state index contributed by atoms with van der Waals surface area (Å²) in [6, 6.07) is 2.05. The number of thiophene rings is 1. The van der Waals surface area contributed by atoms with Crippen LogP contribution in [0.2, 0.25) is 0 Å². The first-order valence-electron chi connectivity index (χ1n) is 5.26. The molecule has 0 atom stereocenters. The van der Waals surface area contributed by atoms with Gasteiger partial charge in [0.1, 0.15) is 0 Å². The van der Waals surface area contributed by atoms with Crippen LogP contribution in [0.5, 0.6) is 0 Å². The lowest BCUT2D eigenvalue weighted by Gasteiger charge is -2.10. The summed E-state index contributed by atoms with van der Waals surface area (Å²) < 4.78 is 4.72. The number of aryl methyl sites for hydroxylation is 1. The van der Waals surface area contributed by atoms with Crippen LogP contribution in [-0.4, -0.2) is 24.8 Å². The third-order valence-corrected chi connectivity index (χ3v) is 3.92. The highest BCUT2D eigenvalue weighted by molar-refractivity contribution is 7.12. The van der Waals surface area contributed by atoms with Crippen LogP contribution in [0.15, 0.2) is 11.6 Å². The number of fused-ring (bicyclic) bond motifs is 1. The number of ether oxygens (including phenoxy) is 1. The van der Waals surface area contributed by atoms with Gasteiger partial charge in [-0.3, -0.25) is 0 Å². The molecule has 0 saturated carbocycles. The summed E-state index contributed by atoms with van der Waals surface area (Å²) >= 11 is 1.72. The fourth-order valence-electron chi connectivity index (χ4n) is 1.85. The highest BCUT2D eigenvalue weighted by Gasteiger charge is 2.18. The minimum Gasteiger partial charge on any atom is -0.466 e. The van der Waals surface area contributed by atoms with Crippen LogP contribution < -0.4 is 0 Å². The van der Waals surface area contributed by atoms with Gasteiger partial charge < -0.3 is 9.84 Å². The molecule has 0 amide bonds. The molecule has 0 bridgehead atoms. The van der Waals surface area contributed by atoms with Crippen molar-refractivity contribution in [3.05, 3.63) is 27.0 Å². The fourth-order valence-corrected chi connectivity index (χ4v) is 2.99. The Hall–Kier alpha value is -1.13. The zero-order chi connectivity index (χ0) is 11.5. The van der Waals surface area contributed by atoms with Crippen LogP contribution in [0.3, 0.4) is 0 Å². The fraction of sp³-hybridized carbons (Fsp3) is 0.417. The molecule has 0 aromatic carbocycles. The van der Waals surface area contributed by atoms with E-state index in [9.17, 15) is 4.79 Å². The van der Waals surface area contributed by atoms with E-state index in [-0.39, 0.29) is 12.6 Å². The average Bonchev–Trinajstić information content (AvgIpc) is 2.69. The van der Waals surface area contributed by atoms with Crippen LogP contribution in [0.25, 0.3) is 6.08 Å². The van der Waals surface area contributed by atoms with E-state index >= 15 is 0 Å². The van der Waals surface area contributed by atoms with Crippen LogP contribution in [0.4, 0.5) is 0 Å². The van der Waals surface area contributed by atoms with Gasteiger partial charge in [0, 0.05) is 28.4 Å². The summed E-state index contributed by atoms with van der Waals surface area (Å²) in [6.45, 7) is 0.174. The minimum atomic E-state index is -0.236. The maximum atomic E-state index is 11.4. The predicted molar refractivity (Wildman–Crippen MR) is 63.4 cm³/mol. The molecule has 1 aromatic rings. The molecule has 0 radical (unpaired) electrons. The Balaban J connectivity index is 2.25. The van der Waals surface area contributed by atoms with Crippen molar-refractivity contribution in [1.29, 1.82) is 0 Å². The highest BCUT2D eigenvalue weighted by Crippen LogP contribution is 2.31. The average molecular weight is 238 g/mol. The Morgan fingerprint density at radius 2 is 2.38 bits per heavy atom. The molecule has 1 heterocycles.